The minimum absolute atomic E-state index is 0.0184. The molecule has 2 saturated heterocycles. The average Bonchev–Trinajstić information content (AvgIpc) is 3.49. The first-order valence-corrected chi connectivity index (χ1v) is 12.1. The van der Waals surface area contributed by atoms with Crippen LogP contribution in [-0.4, -0.2) is 65.1 Å². The Balaban J connectivity index is 1.36. The molecule has 3 fully saturated rings. The van der Waals surface area contributed by atoms with Gasteiger partial charge >= 0.3 is 0 Å². The highest BCUT2D eigenvalue weighted by atomic mass is 19.1. The third-order valence-electron chi connectivity index (χ3n) is 7.55. The molecule has 8 heteroatoms. The van der Waals surface area contributed by atoms with Crippen LogP contribution >= 0.6 is 0 Å². The van der Waals surface area contributed by atoms with E-state index in [1.807, 2.05) is 16.8 Å². The summed E-state index contributed by atoms with van der Waals surface area (Å²) in [5.74, 6) is 0.668. The number of quaternary nitrogens is 2. The number of tetrazole rings is 1. The Hall–Kier alpha value is -1.90. The number of benzene rings is 1. The van der Waals surface area contributed by atoms with E-state index in [-0.39, 0.29) is 18.0 Å². The summed E-state index contributed by atoms with van der Waals surface area (Å²) in [7, 11) is 0. The molecule has 0 amide bonds. The van der Waals surface area contributed by atoms with Gasteiger partial charge in [-0.05, 0) is 73.2 Å². The molecular formula is C23H35FN6O+2. The smallest absolute Gasteiger partial charge is 0.214 e. The maximum absolute atomic E-state index is 13.7. The Labute approximate surface area is 183 Å². The van der Waals surface area contributed by atoms with Crippen LogP contribution in [0.2, 0.25) is 0 Å². The molecule has 1 aromatic carbocycles. The molecule has 31 heavy (non-hydrogen) atoms. The summed E-state index contributed by atoms with van der Waals surface area (Å²) < 4.78 is 21.4. The highest BCUT2D eigenvalue weighted by Gasteiger charge is 2.38. The standard InChI is InChI=1S/C23H33FN6O/c24-19-10-8-18(9-11-19)22(23-25-26-27-30(23)17-21-7-4-16-31-21)29-14-12-28(13-15-29)20-5-2-1-3-6-20/h8-11,20-22H,1-7,12-17H2/p+2/t21-,22-/m0/s1. The Bertz CT molecular complexity index is 823. The highest BCUT2D eigenvalue weighted by Crippen LogP contribution is 2.20. The zero-order valence-corrected chi connectivity index (χ0v) is 18.3. The number of nitrogens with one attached hydrogen (secondary N) is 2. The molecule has 1 aromatic heterocycles. The number of hydrogen-bond donors (Lipinski definition) is 2. The van der Waals surface area contributed by atoms with Crippen LogP contribution in [-0.2, 0) is 11.3 Å². The fourth-order valence-electron chi connectivity index (χ4n) is 5.85. The Morgan fingerprint density at radius 3 is 2.48 bits per heavy atom. The van der Waals surface area contributed by atoms with Crippen molar-refractivity contribution < 1.29 is 18.9 Å². The zero-order valence-electron chi connectivity index (χ0n) is 18.3. The molecule has 3 heterocycles. The lowest BCUT2D eigenvalue weighted by atomic mass is 9.93. The second-order valence-electron chi connectivity index (χ2n) is 9.49. The Morgan fingerprint density at radius 1 is 1.00 bits per heavy atom. The molecule has 0 radical (unpaired) electrons. The number of hydrogen-bond acceptors (Lipinski definition) is 4. The third-order valence-corrected chi connectivity index (χ3v) is 7.55. The van der Waals surface area contributed by atoms with Gasteiger partial charge in [-0.3, -0.25) is 0 Å². The average molecular weight is 431 g/mol. The molecule has 2 aromatic rings. The fraction of sp³-hybridized carbons (Fsp3) is 0.696. The number of nitrogens with zero attached hydrogens (tertiary/aromatic N) is 4. The minimum Gasteiger partial charge on any atom is -0.376 e. The number of halogens is 1. The molecule has 1 aliphatic carbocycles. The maximum Gasteiger partial charge on any atom is 0.214 e. The Kier molecular flexibility index (Phi) is 6.57. The van der Waals surface area contributed by atoms with Gasteiger partial charge in [0.25, 0.3) is 0 Å². The predicted molar refractivity (Wildman–Crippen MR) is 113 cm³/mol. The summed E-state index contributed by atoms with van der Waals surface area (Å²) in [5.41, 5.74) is 1.08. The van der Waals surface area contributed by atoms with Crippen LogP contribution in [0.3, 0.4) is 0 Å². The van der Waals surface area contributed by atoms with Crippen LogP contribution in [0.15, 0.2) is 24.3 Å². The summed E-state index contributed by atoms with van der Waals surface area (Å²) in [6.45, 7) is 6.05. The van der Waals surface area contributed by atoms with E-state index in [0.29, 0.717) is 6.54 Å². The summed E-state index contributed by atoms with van der Waals surface area (Å²) >= 11 is 0. The first-order chi connectivity index (χ1) is 15.3. The molecule has 1 saturated carbocycles. The molecule has 3 aliphatic rings. The van der Waals surface area contributed by atoms with E-state index in [4.69, 9.17) is 4.74 Å². The first kappa shape index (κ1) is 21.0. The van der Waals surface area contributed by atoms with E-state index in [1.165, 1.54) is 50.1 Å². The van der Waals surface area contributed by atoms with Crippen molar-refractivity contribution >= 4 is 0 Å². The van der Waals surface area contributed by atoms with Gasteiger partial charge in [0.15, 0.2) is 6.04 Å². The summed E-state index contributed by atoms with van der Waals surface area (Å²) in [6.07, 6.45) is 9.27. The van der Waals surface area contributed by atoms with Crippen LogP contribution in [0, 0.1) is 5.82 Å². The predicted octanol–water partition coefficient (Wildman–Crippen LogP) is 0.197. The monoisotopic (exact) mass is 430 g/mol. The number of piperazine rings is 1. The van der Waals surface area contributed by atoms with E-state index >= 15 is 0 Å². The second-order valence-corrected chi connectivity index (χ2v) is 9.49. The number of ether oxygens (including phenoxy) is 1. The van der Waals surface area contributed by atoms with Gasteiger partial charge in [-0.25, -0.2) is 9.07 Å². The molecule has 2 aliphatic heterocycles. The molecular weight excluding hydrogens is 395 g/mol. The van der Waals surface area contributed by atoms with Crippen LogP contribution in [0.4, 0.5) is 4.39 Å². The van der Waals surface area contributed by atoms with E-state index < -0.39 is 0 Å². The lowest BCUT2D eigenvalue weighted by Crippen LogP contribution is -3.29. The second kappa shape index (κ2) is 9.71. The quantitative estimate of drug-likeness (QED) is 0.687. The van der Waals surface area contributed by atoms with Crippen molar-refractivity contribution in [3.63, 3.8) is 0 Å². The summed E-state index contributed by atoms with van der Waals surface area (Å²) in [5, 5.41) is 12.8. The topological polar surface area (TPSA) is 61.7 Å². The molecule has 168 valence electrons. The molecule has 0 bridgehead atoms. The molecule has 0 spiro atoms. The number of aromatic nitrogens is 4. The van der Waals surface area contributed by atoms with Gasteiger partial charge in [-0.15, -0.1) is 5.10 Å². The van der Waals surface area contributed by atoms with Crippen LogP contribution in [0.25, 0.3) is 0 Å². The van der Waals surface area contributed by atoms with Gasteiger partial charge in [0.05, 0.1) is 18.7 Å². The van der Waals surface area contributed by atoms with Gasteiger partial charge in [0, 0.05) is 12.2 Å². The molecule has 2 atom stereocenters. The van der Waals surface area contributed by atoms with Crippen molar-refractivity contribution in [3.05, 3.63) is 41.5 Å². The van der Waals surface area contributed by atoms with Gasteiger partial charge in [-0.1, -0.05) is 6.42 Å². The van der Waals surface area contributed by atoms with Crippen LogP contribution < -0.4 is 9.80 Å². The highest BCUT2D eigenvalue weighted by molar-refractivity contribution is 5.23. The Morgan fingerprint density at radius 2 is 1.77 bits per heavy atom. The number of rotatable bonds is 6. The van der Waals surface area contributed by atoms with E-state index in [2.05, 4.69) is 15.5 Å². The normalized spacial score (nSPS) is 28.6. The molecule has 0 unspecified atom stereocenters. The van der Waals surface area contributed by atoms with Crippen LogP contribution in [0.5, 0.6) is 0 Å². The first-order valence-electron chi connectivity index (χ1n) is 12.1. The van der Waals surface area contributed by atoms with Gasteiger partial charge in [0.1, 0.15) is 32.0 Å². The summed E-state index contributed by atoms with van der Waals surface area (Å²) in [6, 6.07) is 7.77. The molecule has 5 rings (SSSR count). The van der Waals surface area contributed by atoms with Crippen molar-refractivity contribution in [3.8, 4) is 0 Å². The zero-order chi connectivity index (χ0) is 21.0. The third kappa shape index (κ3) is 4.81. The van der Waals surface area contributed by atoms with Gasteiger partial charge in [0.2, 0.25) is 5.82 Å². The van der Waals surface area contributed by atoms with Crippen LogP contribution in [0.1, 0.15) is 62.4 Å². The maximum atomic E-state index is 13.7. The van der Waals surface area contributed by atoms with Crippen molar-refractivity contribution in [2.24, 2.45) is 0 Å². The van der Waals surface area contributed by atoms with Crippen molar-refractivity contribution in [1.82, 2.24) is 20.2 Å². The largest absolute Gasteiger partial charge is 0.376 e. The van der Waals surface area contributed by atoms with E-state index in [1.54, 1.807) is 17.0 Å². The lowest BCUT2D eigenvalue weighted by molar-refractivity contribution is -1.03. The summed E-state index contributed by atoms with van der Waals surface area (Å²) in [4.78, 5) is 3.26. The minimum atomic E-state index is -0.206. The lowest BCUT2D eigenvalue weighted by Gasteiger charge is -2.38. The van der Waals surface area contributed by atoms with Crippen molar-refractivity contribution in [1.29, 1.82) is 0 Å². The molecule has 2 N–H and O–H groups in total. The van der Waals surface area contributed by atoms with E-state index in [0.717, 1.165) is 50.0 Å². The SMILES string of the molecule is Fc1ccc([C@@H](c2nnnn2C[C@@H]2CCCO2)[NH+]2CC[NH+](C3CCCCC3)CC2)cc1. The fourth-order valence-corrected chi connectivity index (χ4v) is 5.85. The van der Waals surface area contributed by atoms with E-state index in [9.17, 15) is 4.39 Å². The van der Waals surface area contributed by atoms with Crippen molar-refractivity contribution in [2.45, 2.75) is 69.7 Å². The van der Waals surface area contributed by atoms with Gasteiger partial charge in [-0.2, -0.15) is 0 Å². The van der Waals surface area contributed by atoms with Gasteiger partial charge < -0.3 is 14.5 Å². The molecule has 7 nitrogen and oxygen atoms in total. The van der Waals surface area contributed by atoms with Crippen molar-refractivity contribution in [2.75, 3.05) is 32.8 Å².